The fraction of sp³-hybridized carbons (Fsp3) is 0.438. The minimum atomic E-state index is -0.626. The second-order valence-corrected chi connectivity index (χ2v) is 5.51. The first-order chi connectivity index (χ1) is 10.2. The van der Waals surface area contributed by atoms with Gasteiger partial charge in [0.1, 0.15) is 0 Å². The first kappa shape index (κ1) is 15.9. The van der Waals surface area contributed by atoms with Gasteiger partial charge in [0.2, 0.25) is 0 Å². The molecule has 1 unspecified atom stereocenters. The summed E-state index contributed by atoms with van der Waals surface area (Å²) in [5, 5.41) is 17.4. The van der Waals surface area contributed by atoms with Crippen LogP contribution in [0.4, 0.5) is 0 Å². The summed E-state index contributed by atoms with van der Waals surface area (Å²) in [6.07, 6.45) is 5.75. The molecule has 0 bridgehead atoms. The normalized spacial score (nSPS) is 17.0. The second-order valence-electron chi connectivity index (χ2n) is 5.07. The van der Waals surface area contributed by atoms with Crippen LogP contribution in [-0.2, 0) is 0 Å². The molecule has 2 rings (SSSR count). The Balaban J connectivity index is 1.92. The zero-order chi connectivity index (χ0) is 15.1. The Bertz CT molecular complexity index is 491. The van der Waals surface area contributed by atoms with Gasteiger partial charge >= 0.3 is 0 Å². The lowest BCUT2D eigenvalue weighted by Crippen LogP contribution is -2.42. The summed E-state index contributed by atoms with van der Waals surface area (Å²) in [5.74, 6) is 0.749. The number of aliphatic imine (C=N–C) groups is 1. The molecule has 21 heavy (non-hydrogen) atoms. The molecule has 4 nitrogen and oxygen atoms in total. The average molecular weight is 308 g/mol. The average Bonchev–Trinajstić information content (AvgIpc) is 2.98. The third-order valence-corrected chi connectivity index (χ3v) is 3.62. The highest BCUT2D eigenvalue weighted by atomic mass is 35.5. The predicted molar refractivity (Wildman–Crippen MR) is 87.7 cm³/mol. The Kier molecular flexibility index (Phi) is 6.08. The molecule has 5 heteroatoms. The van der Waals surface area contributed by atoms with Crippen molar-refractivity contribution in [2.24, 2.45) is 4.99 Å². The van der Waals surface area contributed by atoms with Crippen molar-refractivity contribution >= 4 is 17.6 Å². The minimum absolute atomic E-state index is 0.317. The Morgan fingerprint density at radius 3 is 2.62 bits per heavy atom. The standard InChI is InChI=1S/C16H22ClN3O/c1-2-18-16(20-14-5-3-4-6-14)19-11-15(21)12-7-9-13(17)10-8-12/h3-4,7-10,14-15,21H,2,5-6,11H2,1H3,(H2,18,19,20). The van der Waals surface area contributed by atoms with Gasteiger partial charge in [-0.1, -0.05) is 35.9 Å². The van der Waals surface area contributed by atoms with Crippen LogP contribution in [0, 0.1) is 0 Å². The molecule has 1 aromatic rings. The lowest BCUT2D eigenvalue weighted by molar-refractivity contribution is 0.187. The van der Waals surface area contributed by atoms with Crippen LogP contribution >= 0.6 is 11.6 Å². The number of nitrogens with zero attached hydrogens (tertiary/aromatic N) is 1. The van der Waals surface area contributed by atoms with Crippen molar-refractivity contribution in [3.63, 3.8) is 0 Å². The van der Waals surface area contributed by atoms with Crippen LogP contribution in [0.1, 0.15) is 31.4 Å². The number of hydrogen-bond acceptors (Lipinski definition) is 2. The Hall–Kier alpha value is -1.52. The van der Waals surface area contributed by atoms with E-state index in [1.807, 2.05) is 19.1 Å². The van der Waals surface area contributed by atoms with Crippen molar-refractivity contribution < 1.29 is 5.11 Å². The van der Waals surface area contributed by atoms with Gasteiger partial charge in [-0.05, 0) is 37.5 Å². The highest BCUT2D eigenvalue weighted by molar-refractivity contribution is 6.30. The lowest BCUT2D eigenvalue weighted by Gasteiger charge is -2.17. The van der Waals surface area contributed by atoms with Gasteiger partial charge in [-0.25, -0.2) is 0 Å². The van der Waals surface area contributed by atoms with Gasteiger partial charge in [-0.2, -0.15) is 0 Å². The lowest BCUT2D eigenvalue weighted by atomic mass is 10.1. The van der Waals surface area contributed by atoms with Crippen LogP contribution in [0.3, 0.4) is 0 Å². The zero-order valence-electron chi connectivity index (χ0n) is 12.2. The Morgan fingerprint density at radius 1 is 1.33 bits per heavy atom. The summed E-state index contributed by atoms with van der Waals surface area (Å²) < 4.78 is 0. The SMILES string of the molecule is CCNC(=NCC(O)c1ccc(Cl)cc1)NC1CC=CC1. The number of aliphatic hydroxyl groups excluding tert-OH is 1. The molecule has 114 valence electrons. The molecular weight excluding hydrogens is 286 g/mol. The molecule has 1 atom stereocenters. The summed E-state index contributed by atoms with van der Waals surface area (Å²) in [7, 11) is 0. The molecule has 0 amide bonds. The van der Waals surface area contributed by atoms with Crippen LogP contribution in [0.15, 0.2) is 41.4 Å². The third kappa shape index (κ3) is 5.06. The summed E-state index contributed by atoms with van der Waals surface area (Å²) in [4.78, 5) is 4.46. The minimum Gasteiger partial charge on any atom is -0.386 e. The number of benzene rings is 1. The van der Waals surface area contributed by atoms with Gasteiger partial charge in [-0.15, -0.1) is 0 Å². The number of halogens is 1. The van der Waals surface area contributed by atoms with E-state index < -0.39 is 6.10 Å². The smallest absolute Gasteiger partial charge is 0.191 e. The molecule has 3 N–H and O–H groups in total. The largest absolute Gasteiger partial charge is 0.386 e. The number of hydrogen-bond donors (Lipinski definition) is 3. The summed E-state index contributed by atoms with van der Waals surface area (Å²) >= 11 is 5.85. The van der Waals surface area contributed by atoms with Crippen molar-refractivity contribution in [2.75, 3.05) is 13.1 Å². The molecule has 0 aromatic heterocycles. The number of rotatable bonds is 5. The molecule has 0 fully saturated rings. The van der Waals surface area contributed by atoms with Crippen LogP contribution in [0.25, 0.3) is 0 Å². The maximum atomic E-state index is 10.2. The first-order valence-electron chi connectivity index (χ1n) is 7.32. The number of nitrogens with one attached hydrogen (secondary N) is 2. The van der Waals surface area contributed by atoms with E-state index in [1.165, 1.54) is 0 Å². The van der Waals surface area contributed by atoms with Gasteiger partial charge in [0.05, 0.1) is 12.6 Å². The van der Waals surface area contributed by atoms with Crippen LogP contribution in [0.2, 0.25) is 5.02 Å². The molecule has 1 aliphatic carbocycles. The van der Waals surface area contributed by atoms with Crippen LogP contribution < -0.4 is 10.6 Å². The van der Waals surface area contributed by atoms with E-state index >= 15 is 0 Å². The molecule has 0 radical (unpaired) electrons. The van der Waals surface area contributed by atoms with Crippen molar-refractivity contribution in [1.82, 2.24) is 10.6 Å². The van der Waals surface area contributed by atoms with E-state index in [1.54, 1.807) is 12.1 Å². The van der Waals surface area contributed by atoms with Gasteiger partial charge in [0.15, 0.2) is 5.96 Å². The van der Waals surface area contributed by atoms with Gasteiger partial charge in [-0.3, -0.25) is 4.99 Å². The third-order valence-electron chi connectivity index (χ3n) is 3.37. The van der Waals surface area contributed by atoms with Gasteiger partial charge in [0, 0.05) is 17.6 Å². The topological polar surface area (TPSA) is 56.7 Å². The predicted octanol–water partition coefficient (Wildman–Crippen LogP) is 2.65. The fourth-order valence-electron chi connectivity index (χ4n) is 2.22. The van der Waals surface area contributed by atoms with Crippen LogP contribution in [0.5, 0.6) is 0 Å². The molecule has 1 aromatic carbocycles. The van der Waals surface area contributed by atoms with Gasteiger partial charge in [0.25, 0.3) is 0 Å². The monoisotopic (exact) mass is 307 g/mol. The molecule has 0 saturated carbocycles. The molecule has 0 aliphatic heterocycles. The summed E-state index contributed by atoms with van der Waals surface area (Å²) in [5.41, 5.74) is 0.821. The van der Waals surface area contributed by atoms with E-state index in [4.69, 9.17) is 11.6 Å². The van der Waals surface area contributed by atoms with E-state index in [0.29, 0.717) is 17.6 Å². The van der Waals surface area contributed by atoms with E-state index in [-0.39, 0.29) is 0 Å². The van der Waals surface area contributed by atoms with Gasteiger partial charge < -0.3 is 15.7 Å². The van der Waals surface area contributed by atoms with Crippen molar-refractivity contribution in [3.05, 3.63) is 47.0 Å². The van der Waals surface area contributed by atoms with Crippen molar-refractivity contribution in [3.8, 4) is 0 Å². The summed E-state index contributed by atoms with van der Waals surface area (Å²) in [6, 6.07) is 7.60. The Labute approximate surface area is 130 Å². The molecule has 0 saturated heterocycles. The van der Waals surface area contributed by atoms with E-state index in [0.717, 1.165) is 30.9 Å². The second kappa shape index (κ2) is 8.05. The molecule has 0 heterocycles. The molecular formula is C16H22ClN3O. The van der Waals surface area contributed by atoms with Crippen molar-refractivity contribution in [2.45, 2.75) is 31.9 Å². The number of guanidine groups is 1. The zero-order valence-corrected chi connectivity index (χ0v) is 13.0. The highest BCUT2D eigenvalue weighted by Crippen LogP contribution is 2.16. The van der Waals surface area contributed by atoms with E-state index in [2.05, 4.69) is 27.8 Å². The maximum absolute atomic E-state index is 10.2. The molecule has 0 spiro atoms. The quantitative estimate of drug-likeness (QED) is 0.445. The first-order valence-corrected chi connectivity index (χ1v) is 7.70. The fourth-order valence-corrected chi connectivity index (χ4v) is 2.34. The molecule has 1 aliphatic rings. The number of aliphatic hydroxyl groups is 1. The van der Waals surface area contributed by atoms with E-state index in [9.17, 15) is 5.11 Å². The maximum Gasteiger partial charge on any atom is 0.191 e. The van der Waals surface area contributed by atoms with Crippen LogP contribution in [-0.4, -0.2) is 30.2 Å². The Morgan fingerprint density at radius 2 is 2.00 bits per heavy atom. The summed E-state index contributed by atoms with van der Waals surface area (Å²) in [6.45, 7) is 3.14. The highest BCUT2D eigenvalue weighted by Gasteiger charge is 2.12. The van der Waals surface area contributed by atoms with Crippen molar-refractivity contribution in [1.29, 1.82) is 0 Å².